The van der Waals surface area contributed by atoms with Crippen molar-refractivity contribution in [3.63, 3.8) is 0 Å². The normalized spacial score (nSPS) is 36.5. The summed E-state index contributed by atoms with van der Waals surface area (Å²) in [7, 11) is 0. The first-order chi connectivity index (χ1) is 12.4. The van der Waals surface area contributed by atoms with Crippen LogP contribution in [0.4, 0.5) is 5.69 Å². The lowest BCUT2D eigenvalue weighted by molar-refractivity contribution is -0.118. The Bertz CT molecular complexity index is 702. The Morgan fingerprint density at radius 1 is 1.27 bits per heavy atom. The van der Waals surface area contributed by atoms with E-state index in [-0.39, 0.29) is 11.2 Å². The van der Waals surface area contributed by atoms with Gasteiger partial charge in [0.1, 0.15) is 0 Å². The topological polar surface area (TPSA) is 53.5 Å². The molecule has 4 aliphatic rings. The summed E-state index contributed by atoms with van der Waals surface area (Å²) in [5.74, 6) is 2.30. The van der Waals surface area contributed by atoms with Gasteiger partial charge in [-0.05, 0) is 54.6 Å². The van der Waals surface area contributed by atoms with Gasteiger partial charge in [-0.2, -0.15) is 0 Å². The van der Waals surface area contributed by atoms with Crippen LogP contribution in [0.1, 0.15) is 40.0 Å². The van der Waals surface area contributed by atoms with Gasteiger partial charge in [0, 0.05) is 12.2 Å². The first-order valence-corrected chi connectivity index (χ1v) is 10.7. The van der Waals surface area contributed by atoms with Crippen LogP contribution >= 0.6 is 11.8 Å². The summed E-state index contributed by atoms with van der Waals surface area (Å²) >= 11 is 1.61. The SMILES string of the molecule is C[C@@H]1[C@@H](N=C2NC(=O)C(CCNc3ccccc3)S2)C[C@H]2C[C@@H]1C2(C)C. The number of para-hydroxylation sites is 1. The zero-order valence-electron chi connectivity index (χ0n) is 15.9. The van der Waals surface area contributed by atoms with E-state index in [0.717, 1.165) is 35.7 Å². The number of amides is 1. The Kier molecular flexibility index (Phi) is 4.76. The average Bonchev–Trinajstić information content (AvgIpc) is 2.96. The van der Waals surface area contributed by atoms with E-state index in [1.54, 1.807) is 11.8 Å². The van der Waals surface area contributed by atoms with Crippen molar-refractivity contribution in [3.05, 3.63) is 30.3 Å². The van der Waals surface area contributed by atoms with Crippen LogP contribution < -0.4 is 10.6 Å². The Balaban J connectivity index is 1.31. The molecule has 26 heavy (non-hydrogen) atoms. The summed E-state index contributed by atoms with van der Waals surface area (Å²) in [6.45, 7) is 7.96. The van der Waals surface area contributed by atoms with Crippen LogP contribution in [0.5, 0.6) is 0 Å². The minimum atomic E-state index is -0.0326. The number of hydrogen-bond donors (Lipinski definition) is 2. The molecular weight excluding hydrogens is 342 g/mol. The van der Waals surface area contributed by atoms with Gasteiger partial charge in [-0.1, -0.05) is 50.7 Å². The second-order valence-electron chi connectivity index (χ2n) is 8.63. The van der Waals surface area contributed by atoms with Crippen LogP contribution in [0.2, 0.25) is 0 Å². The van der Waals surface area contributed by atoms with Gasteiger partial charge in [-0.15, -0.1) is 0 Å². The Labute approximate surface area is 160 Å². The van der Waals surface area contributed by atoms with E-state index in [4.69, 9.17) is 4.99 Å². The van der Waals surface area contributed by atoms with Crippen LogP contribution in [-0.2, 0) is 4.79 Å². The van der Waals surface area contributed by atoms with E-state index < -0.39 is 0 Å². The zero-order valence-corrected chi connectivity index (χ0v) is 16.7. The lowest BCUT2D eigenvalue weighted by Crippen LogP contribution is -2.56. The highest BCUT2D eigenvalue weighted by Gasteiger charge is 2.56. The molecule has 4 fully saturated rings. The third kappa shape index (κ3) is 3.26. The van der Waals surface area contributed by atoms with Crippen molar-refractivity contribution in [3.8, 4) is 0 Å². The summed E-state index contributed by atoms with van der Waals surface area (Å²) in [5, 5.41) is 7.21. The Morgan fingerprint density at radius 3 is 2.73 bits per heavy atom. The fraction of sp³-hybridized carbons (Fsp3) is 0.619. The number of nitrogens with zero attached hydrogens (tertiary/aromatic N) is 1. The van der Waals surface area contributed by atoms with Crippen LogP contribution in [0.15, 0.2) is 35.3 Å². The summed E-state index contributed by atoms with van der Waals surface area (Å²) < 4.78 is 0. The molecule has 5 heteroatoms. The lowest BCUT2D eigenvalue weighted by Gasteiger charge is -2.61. The fourth-order valence-corrected chi connectivity index (χ4v) is 6.03. The summed E-state index contributed by atoms with van der Waals surface area (Å²) in [5.41, 5.74) is 1.58. The third-order valence-electron chi connectivity index (χ3n) is 6.88. The maximum absolute atomic E-state index is 12.3. The highest BCUT2D eigenvalue weighted by molar-refractivity contribution is 8.15. The number of benzene rings is 1. The van der Waals surface area contributed by atoms with Crippen molar-refractivity contribution in [2.24, 2.45) is 28.2 Å². The number of carbonyl (C=O) groups is 1. The number of rotatable bonds is 5. The third-order valence-corrected chi connectivity index (χ3v) is 8.05. The van der Waals surface area contributed by atoms with E-state index in [1.165, 1.54) is 12.8 Å². The van der Waals surface area contributed by atoms with Crippen molar-refractivity contribution >= 4 is 28.5 Å². The van der Waals surface area contributed by atoms with Crippen LogP contribution in [0, 0.1) is 23.2 Å². The predicted molar refractivity (Wildman–Crippen MR) is 109 cm³/mol. The number of aliphatic imine (C=N–C) groups is 1. The van der Waals surface area contributed by atoms with E-state index in [2.05, 4.69) is 31.4 Å². The monoisotopic (exact) mass is 371 g/mol. The number of anilines is 1. The highest BCUT2D eigenvalue weighted by atomic mass is 32.2. The van der Waals surface area contributed by atoms with E-state index >= 15 is 0 Å². The minimum Gasteiger partial charge on any atom is -0.385 e. The maximum Gasteiger partial charge on any atom is 0.239 e. The molecule has 0 spiro atoms. The molecule has 5 rings (SSSR count). The number of fused-ring (bicyclic) bond motifs is 2. The highest BCUT2D eigenvalue weighted by Crippen LogP contribution is 2.61. The molecule has 1 amide bonds. The molecule has 5 atom stereocenters. The van der Waals surface area contributed by atoms with Gasteiger partial charge < -0.3 is 10.6 Å². The zero-order chi connectivity index (χ0) is 18.3. The minimum absolute atomic E-state index is 0.0326. The smallest absolute Gasteiger partial charge is 0.239 e. The maximum atomic E-state index is 12.3. The van der Waals surface area contributed by atoms with Crippen LogP contribution in [0.25, 0.3) is 0 Å². The van der Waals surface area contributed by atoms with Gasteiger partial charge in [0.2, 0.25) is 5.91 Å². The average molecular weight is 372 g/mol. The molecule has 0 aromatic heterocycles. The number of amidine groups is 1. The van der Waals surface area contributed by atoms with Gasteiger partial charge in [-0.25, -0.2) is 0 Å². The molecule has 2 N–H and O–H groups in total. The van der Waals surface area contributed by atoms with Crippen LogP contribution in [-0.4, -0.2) is 28.9 Å². The van der Waals surface area contributed by atoms with Crippen molar-refractivity contribution in [2.75, 3.05) is 11.9 Å². The standard InChI is InChI=1S/C21H29N3OS/c1-13-16-11-14(21(16,2)3)12-17(13)23-20-24-19(25)18(26-20)9-10-22-15-7-5-4-6-8-15/h4-8,13-14,16-18,22H,9-12H2,1-3H3,(H,23,24,25)/t13-,14+,16-,17-,18?/m0/s1. The van der Waals surface area contributed by atoms with Gasteiger partial charge in [-0.3, -0.25) is 9.79 Å². The molecule has 1 aromatic carbocycles. The van der Waals surface area contributed by atoms with Crippen molar-refractivity contribution in [1.82, 2.24) is 5.32 Å². The molecule has 1 aliphatic heterocycles. The molecule has 1 heterocycles. The summed E-state index contributed by atoms with van der Waals surface area (Å²) in [4.78, 5) is 17.2. The molecule has 140 valence electrons. The van der Waals surface area contributed by atoms with Gasteiger partial charge in [0.25, 0.3) is 0 Å². The molecule has 1 unspecified atom stereocenters. The molecule has 3 saturated carbocycles. The Hall–Kier alpha value is -1.49. The molecule has 2 bridgehead atoms. The molecular formula is C21H29N3OS. The largest absolute Gasteiger partial charge is 0.385 e. The first kappa shape index (κ1) is 17.9. The predicted octanol–water partition coefficient (Wildman–Crippen LogP) is 4.15. The second-order valence-corrected chi connectivity index (χ2v) is 9.83. The van der Waals surface area contributed by atoms with Gasteiger partial charge >= 0.3 is 0 Å². The molecule has 0 radical (unpaired) electrons. The van der Waals surface area contributed by atoms with Crippen molar-refractivity contribution in [1.29, 1.82) is 0 Å². The number of thioether (sulfide) groups is 1. The molecule has 4 nitrogen and oxygen atoms in total. The molecule has 1 saturated heterocycles. The van der Waals surface area contributed by atoms with E-state index in [0.29, 0.717) is 17.4 Å². The lowest BCUT2D eigenvalue weighted by atomic mass is 9.45. The molecule has 3 aliphatic carbocycles. The van der Waals surface area contributed by atoms with E-state index in [9.17, 15) is 4.79 Å². The van der Waals surface area contributed by atoms with Gasteiger partial charge in [0.15, 0.2) is 5.17 Å². The van der Waals surface area contributed by atoms with Crippen molar-refractivity contribution in [2.45, 2.75) is 51.3 Å². The quantitative estimate of drug-likeness (QED) is 0.818. The number of nitrogens with one attached hydrogen (secondary N) is 2. The first-order valence-electron chi connectivity index (χ1n) is 9.79. The van der Waals surface area contributed by atoms with Gasteiger partial charge in [0.05, 0.1) is 11.3 Å². The summed E-state index contributed by atoms with van der Waals surface area (Å²) in [6, 6.07) is 10.5. The van der Waals surface area contributed by atoms with Crippen molar-refractivity contribution < 1.29 is 4.79 Å². The second kappa shape index (κ2) is 6.91. The summed E-state index contributed by atoms with van der Waals surface area (Å²) in [6.07, 6.45) is 3.34. The number of carbonyl (C=O) groups excluding carboxylic acids is 1. The van der Waals surface area contributed by atoms with Crippen LogP contribution in [0.3, 0.4) is 0 Å². The van der Waals surface area contributed by atoms with E-state index in [1.807, 2.05) is 30.3 Å². The number of hydrogen-bond acceptors (Lipinski definition) is 4. The fourth-order valence-electron chi connectivity index (χ4n) is 5.00. The molecule has 1 aromatic rings. The Morgan fingerprint density at radius 2 is 2.04 bits per heavy atom.